The van der Waals surface area contributed by atoms with E-state index in [1.807, 2.05) is 14.1 Å². The second kappa shape index (κ2) is 5.27. The molecule has 1 nitrogen and oxygen atoms in total. The molecule has 2 aromatic carbocycles. The summed E-state index contributed by atoms with van der Waals surface area (Å²) >= 11 is 0. The van der Waals surface area contributed by atoms with E-state index in [9.17, 15) is 8.78 Å². The molecule has 0 aliphatic rings. The van der Waals surface area contributed by atoms with Crippen molar-refractivity contribution in [3.63, 3.8) is 0 Å². The average Bonchev–Trinajstić information content (AvgIpc) is 2.34. The number of halogens is 2. The lowest BCUT2D eigenvalue weighted by Gasteiger charge is -2.26. The number of rotatable bonds is 3. The van der Waals surface area contributed by atoms with Gasteiger partial charge >= 0.3 is 0 Å². The van der Waals surface area contributed by atoms with Crippen LogP contribution in [0.2, 0.25) is 0 Å². The molecule has 0 saturated carbocycles. The van der Waals surface area contributed by atoms with Gasteiger partial charge in [-0.25, -0.2) is 8.78 Å². The second-order valence-corrected chi connectivity index (χ2v) is 4.41. The van der Waals surface area contributed by atoms with Gasteiger partial charge in [0.15, 0.2) is 0 Å². The lowest BCUT2D eigenvalue weighted by molar-refractivity contribution is 0.325. The van der Waals surface area contributed by atoms with Gasteiger partial charge in [-0.15, -0.1) is 0 Å². The van der Waals surface area contributed by atoms with Crippen LogP contribution in [0.15, 0.2) is 48.5 Å². The van der Waals surface area contributed by atoms with Crippen LogP contribution >= 0.6 is 0 Å². The van der Waals surface area contributed by atoms with Gasteiger partial charge in [-0.1, -0.05) is 36.4 Å². The molecule has 0 radical (unpaired) electrons. The van der Waals surface area contributed by atoms with E-state index >= 15 is 0 Å². The summed E-state index contributed by atoms with van der Waals surface area (Å²) in [6.07, 6.45) is 0. The zero-order valence-corrected chi connectivity index (χ0v) is 10.4. The molecule has 2 rings (SSSR count). The lowest BCUT2D eigenvalue weighted by atomic mass is 9.97. The standard InChI is InChI=1S/C15H15F2N/c1-18(2)15(11-7-3-5-9-13(11)16)12-8-4-6-10-14(12)17/h3-10,15H,1-2H3. The molecule has 18 heavy (non-hydrogen) atoms. The van der Waals surface area contributed by atoms with Crippen LogP contribution in [0.3, 0.4) is 0 Å². The normalized spacial score (nSPS) is 11.2. The highest BCUT2D eigenvalue weighted by molar-refractivity contribution is 5.33. The van der Waals surface area contributed by atoms with Crippen molar-refractivity contribution in [1.29, 1.82) is 0 Å². The first-order chi connectivity index (χ1) is 8.61. The fourth-order valence-corrected chi connectivity index (χ4v) is 2.12. The fourth-order valence-electron chi connectivity index (χ4n) is 2.12. The van der Waals surface area contributed by atoms with Gasteiger partial charge < -0.3 is 0 Å². The predicted molar refractivity (Wildman–Crippen MR) is 68.3 cm³/mol. The number of hydrogen-bond donors (Lipinski definition) is 0. The summed E-state index contributed by atoms with van der Waals surface area (Å²) < 4.78 is 27.7. The first kappa shape index (κ1) is 12.7. The van der Waals surface area contributed by atoms with Crippen LogP contribution < -0.4 is 0 Å². The predicted octanol–water partition coefficient (Wildman–Crippen LogP) is 3.62. The fraction of sp³-hybridized carbons (Fsp3) is 0.200. The highest BCUT2D eigenvalue weighted by Crippen LogP contribution is 2.29. The van der Waals surface area contributed by atoms with Gasteiger partial charge in [-0.2, -0.15) is 0 Å². The minimum absolute atomic E-state index is 0.320. The maximum Gasteiger partial charge on any atom is 0.128 e. The van der Waals surface area contributed by atoms with Crippen LogP contribution in [0, 0.1) is 11.6 Å². The summed E-state index contributed by atoms with van der Waals surface area (Å²) in [6.45, 7) is 0. The molecule has 2 aromatic rings. The molecule has 0 aliphatic carbocycles. The van der Waals surface area contributed by atoms with Gasteiger partial charge in [0.25, 0.3) is 0 Å². The number of nitrogens with zero attached hydrogens (tertiary/aromatic N) is 1. The Morgan fingerprint density at radius 2 is 1.17 bits per heavy atom. The molecule has 0 aromatic heterocycles. The molecule has 0 aliphatic heterocycles. The van der Waals surface area contributed by atoms with E-state index < -0.39 is 6.04 Å². The van der Waals surface area contributed by atoms with Gasteiger partial charge in [0.05, 0.1) is 6.04 Å². The zero-order chi connectivity index (χ0) is 13.1. The Morgan fingerprint density at radius 1 is 0.778 bits per heavy atom. The van der Waals surface area contributed by atoms with Crippen LogP contribution in [-0.2, 0) is 0 Å². The van der Waals surface area contributed by atoms with Crippen LogP contribution in [0.4, 0.5) is 8.78 Å². The smallest absolute Gasteiger partial charge is 0.128 e. The molecule has 0 fully saturated rings. The third-order valence-electron chi connectivity index (χ3n) is 2.92. The van der Waals surface area contributed by atoms with Crippen LogP contribution in [-0.4, -0.2) is 19.0 Å². The van der Waals surface area contributed by atoms with Gasteiger partial charge in [0.2, 0.25) is 0 Å². The first-order valence-corrected chi connectivity index (χ1v) is 5.76. The highest BCUT2D eigenvalue weighted by atomic mass is 19.1. The molecule has 0 unspecified atom stereocenters. The minimum atomic E-state index is -0.424. The van der Waals surface area contributed by atoms with Gasteiger partial charge in [0, 0.05) is 11.1 Å². The summed E-state index contributed by atoms with van der Waals surface area (Å²) in [4.78, 5) is 1.80. The SMILES string of the molecule is CN(C)C(c1ccccc1F)c1ccccc1F. The van der Waals surface area contributed by atoms with Crippen molar-refractivity contribution in [1.82, 2.24) is 4.90 Å². The van der Waals surface area contributed by atoms with Crippen molar-refractivity contribution < 1.29 is 8.78 Å². The molecule has 0 N–H and O–H groups in total. The highest BCUT2D eigenvalue weighted by Gasteiger charge is 2.22. The van der Waals surface area contributed by atoms with Crippen molar-refractivity contribution in [2.24, 2.45) is 0 Å². The topological polar surface area (TPSA) is 3.24 Å². The summed E-state index contributed by atoms with van der Waals surface area (Å²) in [7, 11) is 3.62. The van der Waals surface area contributed by atoms with E-state index in [0.29, 0.717) is 11.1 Å². The summed E-state index contributed by atoms with van der Waals surface area (Å²) in [5.41, 5.74) is 0.959. The largest absolute Gasteiger partial charge is 0.298 e. The molecule has 0 saturated heterocycles. The quantitative estimate of drug-likeness (QED) is 0.800. The molecule has 0 heterocycles. The van der Waals surface area contributed by atoms with E-state index in [2.05, 4.69) is 0 Å². The Kier molecular flexibility index (Phi) is 3.72. The van der Waals surface area contributed by atoms with Crippen LogP contribution in [0.25, 0.3) is 0 Å². The Balaban J connectivity index is 2.55. The van der Waals surface area contributed by atoms with Crippen molar-refractivity contribution in [2.75, 3.05) is 14.1 Å². The first-order valence-electron chi connectivity index (χ1n) is 5.76. The Bertz CT molecular complexity index is 492. The summed E-state index contributed by atoms with van der Waals surface area (Å²) in [5.74, 6) is -0.640. The van der Waals surface area contributed by atoms with Gasteiger partial charge in [-0.05, 0) is 26.2 Å². The number of hydrogen-bond acceptors (Lipinski definition) is 1. The monoisotopic (exact) mass is 247 g/mol. The second-order valence-electron chi connectivity index (χ2n) is 4.41. The van der Waals surface area contributed by atoms with E-state index in [1.54, 1.807) is 41.3 Å². The van der Waals surface area contributed by atoms with Crippen molar-refractivity contribution in [3.05, 3.63) is 71.3 Å². The molecular formula is C15H15F2N. The third-order valence-corrected chi connectivity index (χ3v) is 2.92. The Hall–Kier alpha value is -1.74. The zero-order valence-electron chi connectivity index (χ0n) is 10.4. The van der Waals surface area contributed by atoms with E-state index in [0.717, 1.165) is 0 Å². The number of benzene rings is 2. The minimum Gasteiger partial charge on any atom is -0.298 e. The van der Waals surface area contributed by atoms with E-state index in [1.165, 1.54) is 12.1 Å². The molecule has 0 bridgehead atoms. The maximum atomic E-state index is 13.9. The van der Waals surface area contributed by atoms with Crippen molar-refractivity contribution in [2.45, 2.75) is 6.04 Å². The van der Waals surface area contributed by atoms with Crippen molar-refractivity contribution >= 4 is 0 Å². The Morgan fingerprint density at radius 3 is 1.50 bits per heavy atom. The molecule has 0 amide bonds. The van der Waals surface area contributed by atoms with E-state index in [-0.39, 0.29) is 11.6 Å². The van der Waals surface area contributed by atoms with E-state index in [4.69, 9.17) is 0 Å². The molecular weight excluding hydrogens is 232 g/mol. The molecule has 0 atom stereocenters. The lowest BCUT2D eigenvalue weighted by Crippen LogP contribution is -2.23. The molecule has 3 heteroatoms. The van der Waals surface area contributed by atoms with Gasteiger partial charge in [0.1, 0.15) is 11.6 Å². The molecule has 0 spiro atoms. The van der Waals surface area contributed by atoms with Crippen molar-refractivity contribution in [3.8, 4) is 0 Å². The van der Waals surface area contributed by atoms with Crippen LogP contribution in [0.1, 0.15) is 17.2 Å². The third kappa shape index (κ3) is 2.41. The van der Waals surface area contributed by atoms with Gasteiger partial charge in [-0.3, -0.25) is 4.90 Å². The maximum absolute atomic E-state index is 13.9. The van der Waals surface area contributed by atoms with Crippen LogP contribution in [0.5, 0.6) is 0 Å². The Labute approximate surface area is 106 Å². The average molecular weight is 247 g/mol. The molecule has 94 valence electrons. The summed E-state index contributed by atoms with van der Waals surface area (Å²) in [6, 6.07) is 12.5. The summed E-state index contributed by atoms with van der Waals surface area (Å²) in [5, 5.41) is 0.